The summed E-state index contributed by atoms with van der Waals surface area (Å²) >= 11 is 0. The Bertz CT molecular complexity index is 771. The van der Waals surface area contributed by atoms with Crippen LogP contribution in [0, 0.1) is 5.92 Å². The summed E-state index contributed by atoms with van der Waals surface area (Å²) in [5.74, 6) is 1.37. The largest absolute Gasteiger partial charge is 0.496 e. The molecule has 1 heterocycles. The molecule has 0 radical (unpaired) electrons. The molecule has 1 unspecified atom stereocenters. The van der Waals surface area contributed by atoms with E-state index in [1.165, 1.54) is 0 Å². The van der Waals surface area contributed by atoms with E-state index in [1.807, 2.05) is 72.6 Å². The van der Waals surface area contributed by atoms with Crippen molar-refractivity contribution in [3.63, 3.8) is 0 Å². The molecule has 1 amide bonds. The number of carbonyl (C=O) groups is 1. The van der Waals surface area contributed by atoms with Crippen LogP contribution in [0.5, 0.6) is 5.75 Å². The Morgan fingerprint density at radius 2 is 1.92 bits per heavy atom. The van der Waals surface area contributed by atoms with Gasteiger partial charge in [0.25, 0.3) is 5.91 Å². The van der Waals surface area contributed by atoms with E-state index in [1.54, 1.807) is 7.11 Å². The standard InChI is InChI=1S/C22H26N2O2/c1-23-15-17-12-13-24(16-17)22(25)20(18-8-4-3-5-9-18)14-19-10-6-7-11-21(19)26-2/h3-11,14,17,23H,12-13,15-16H2,1-2H3/b20-14+. The van der Waals surface area contributed by atoms with Gasteiger partial charge in [-0.2, -0.15) is 0 Å². The second-order valence-electron chi connectivity index (χ2n) is 6.63. The number of likely N-dealkylation sites (tertiary alicyclic amines) is 1. The molecule has 2 aromatic carbocycles. The van der Waals surface area contributed by atoms with Crippen molar-refractivity contribution in [3.8, 4) is 5.75 Å². The average molecular weight is 350 g/mol. The molecule has 0 aliphatic carbocycles. The minimum absolute atomic E-state index is 0.0840. The summed E-state index contributed by atoms with van der Waals surface area (Å²) in [6, 6.07) is 17.6. The van der Waals surface area contributed by atoms with Gasteiger partial charge in [0.1, 0.15) is 5.75 Å². The highest BCUT2D eigenvalue weighted by Gasteiger charge is 2.28. The van der Waals surface area contributed by atoms with Gasteiger partial charge in [-0.15, -0.1) is 0 Å². The number of hydrogen-bond acceptors (Lipinski definition) is 3. The van der Waals surface area contributed by atoms with Crippen LogP contribution in [0.4, 0.5) is 0 Å². The minimum Gasteiger partial charge on any atom is -0.496 e. The molecule has 1 aliphatic heterocycles. The number of nitrogens with one attached hydrogen (secondary N) is 1. The van der Waals surface area contributed by atoms with Gasteiger partial charge in [0.05, 0.1) is 7.11 Å². The summed E-state index contributed by atoms with van der Waals surface area (Å²) in [6.45, 7) is 2.55. The molecule has 0 aromatic heterocycles. The van der Waals surface area contributed by atoms with Crippen molar-refractivity contribution in [1.29, 1.82) is 0 Å². The van der Waals surface area contributed by atoms with Gasteiger partial charge in [-0.25, -0.2) is 0 Å². The maximum Gasteiger partial charge on any atom is 0.254 e. The number of benzene rings is 2. The Balaban J connectivity index is 1.94. The zero-order valence-corrected chi connectivity index (χ0v) is 15.4. The molecule has 0 bridgehead atoms. The number of rotatable bonds is 6. The molecule has 1 atom stereocenters. The Labute approximate surface area is 155 Å². The molecule has 1 fully saturated rings. The molecule has 3 rings (SSSR count). The van der Waals surface area contributed by atoms with Crippen molar-refractivity contribution < 1.29 is 9.53 Å². The van der Waals surface area contributed by atoms with Crippen molar-refractivity contribution >= 4 is 17.6 Å². The molecule has 0 saturated carbocycles. The molecule has 1 N–H and O–H groups in total. The molecular weight excluding hydrogens is 324 g/mol. The predicted octanol–water partition coefficient (Wildman–Crippen LogP) is 3.30. The topological polar surface area (TPSA) is 41.6 Å². The molecule has 26 heavy (non-hydrogen) atoms. The van der Waals surface area contributed by atoms with Crippen molar-refractivity contribution in [3.05, 3.63) is 65.7 Å². The van der Waals surface area contributed by atoms with Gasteiger partial charge >= 0.3 is 0 Å². The summed E-state index contributed by atoms with van der Waals surface area (Å²) in [7, 11) is 3.61. The first-order chi connectivity index (χ1) is 12.7. The SMILES string of the molecule is CNCC1CCN(C(=O)/C(=C/c2ccccc2OC)c2ccccc2)C1. The summed E-state index contributed by atoms with van der Waals surface area (Å²) in [5, 5.41) is 3.22. The number of carbonyl (C=O) groups excluding carboxylic acids is 1. The summed E-state index contributed by atoms with van der Waals surface area (Å²) in [4.78, 5) is 15.3. The third-order valence-electron chi connectivity index (χ3n) is 4.82. The smallest absolute Gasteiger partial charge is 0.254 e. The van der Waals surface area contributed by atoms with Crippen LogP contribution in [-0.2, 0) is 4.79 Å². The highest BCUT2D eigenvalue weighted by molar-refractivity contribution is 6.24. The summed E-state index contributed by atoms with van der Waals surface area (Å²) in [6.07, 6.45) is 2.99. The molecule has 1 aliphatic rings. The predicted molar refractivity (Wildman–Crippen MR) is 106 cm³/mol. The van der Waals surface area contributed by atoms with Crippen LogP contribution < -0.4 is 10.1 Å². The van der Waals surface area contributed by atoms with Crippen LogP contribution in [0.2, 0.25) is 0 Å². The molecule has 136 valence electrons. The molecule has 2 aromatic rings. The number of ether oxygens (including phenoxy) is 1. The average Bonchev–Trinajstić information content (AvgIpc) is 3.15. The van der Waals surface area contributed by atoms with Gasteiger partial charge in [-0.05, 0) is 43.6 Å². The van der Waals surface area contributed by atoms with Crippen molar-refractivity contribution in [2.45, 2.75) is 6.42 Å². The summed E-state index contributed by atoms with van der Waals surface area (Å²) in [5.41, 5.74) is 2.55. The van der Waals surface area contributed by atoms with E-state index in [9.17, 15) is 4.79 Å². The van der Waals surface area contributed by atoms with Crippen LogP contribution in [0.25, 0.3) is 11.6 Å². The van der Waals surface area contributed by atoms with Crippen LogP contribution >= 0.6 is 0 Å². The summed E-state index contributed by atoms with van der Waals surface area (Å²) < 4.78 is 5.46. The zero-order valence-electron chi connectivity index (χ0n) is 15.4. The van der Waals surface area contributed by atoms with Crippen LogP contribution in [0.1, 0.15) is 17.5 Å². The number of amides is 1. The number of methoxy groups -OCH3 is 1. The van der Waals surface area contributed by atoms with E-state index in [4.69, 9.17) is 4.74 Å². The van der Waals surface area contributed by atoms with Gasteiger partial charge in [0.2, 0.25) is 0 Å². The molecule has 4 heteroatoms. The lowest BCUT2D eigenvalue weighted by Crippen LogP contribution is -2.31. The Hall–Kier alpha value is -2.59. The van der Waals surface area contributed by atoms with E-state index in [0.717, 1.165) is 42.9 Å². The Morgan fingerprint density at radius 1 is 1.19 bits per heavy atom. The van der Waals surface area contributed by atoms with Gasteiger partial charge in [0, 0.05) is 24.2 Å². The first-order valence-corrected chi connectivity index (χ1v) is 9.07. The first-order valence-electron chi connectivity index (χ1n) is 9.07. The molecule has 4 nitrogen and oxygen atoms in total. The highest BCUT2D eigenvalue weighted by Crippen LogP contribution is 2.28. The third-order valence-corrected chi connectivity index (χ3v) is 4.82. The van der Waals surface area contributed by atoms with Gasteiger partial charge in [-0.1, -0.05) is 48.5 Å². The number of nitrogens with zero attached hydrogens (tertiary/aromatic N) is 1. The fraction of sp³-hybridized carbons (Fsp3) is 0.318. The molecule has 1 saturated heterocycles. The van der Waals surface area contributed by atoms with E-state index < -0.39 is 0 Å². The van der Waals surface area contributed by atoms with Gasteiger partial charge in [0.15, 0.2) is 0 Å². The highest BCUT2D eigenvalue weighted by atomic mass is 16.5. The minimum atomic E-state index is 0.0840. The number of hydrogen-bond donors (Lipinski definition) is 1. The van der Waals surface area contributed by atoms with E-state index in [2.05, 4.69) is 5.32 Å². The maximum absolute atomic E-state index is 13.3. The van der Waals surface area contributed by atoms with Gasteiger partial charge in [-0.3, -0.25) is 4.79 Å². The molecular formula is C22H26N2O2. The second kappa shape index (κ2) is 8.68. The second-order valence-corrected chi connectivity index (χ2v) is 6.63. The fourth-order valence-corrected chi connectivity index (χ4v) is 3.47. The van der Waals surface area contributed by atoms with Gasteiger partial charge < -0.3 is 15.0 Å². The van der Waals surface area contributed by atoms with E-state index >= 15 is 0 Å². The first kappa shape index (κ1) is 18.2. The Morgan fingerprint density at radius 3 is 2.65 bits per heavy atom. The number of para-hydroxylation sites is 1. The lowest BCUT2D eigenvalue weighted by molar-refractivity contribution is -0.124. The third kappa shape index (κ3) is 4.14. The van der Waals surface area contributed by atoms with Crippen LogP contribution in [-0.4, -0.2) is 44.6 Å². The zero-order chi connectivity index (χ0) is 18.4. The molecule has 0 spiro atoms. The quantitative estimate of drug-likeness (QED) is 0.642. The maximum atomic E-state index is 13.3. The van der Waals surface area contributed by atoms with Crippen LogP contribution in [0.15, 0.2) is 54.6 Å². The van der Waals surface area contributed by atoms with E-state index in [0.29, 0.717) is 11.5 Å². The van der Waals surface area contributed by atoms with Crippen molar-refractivity contribution in [2.24, 2.45) is 5.92 Å². The fourth-order valence-electron chi connectivity index (χ4n) is 3.47. The van der Waals surface area contributed by atoms with Crippen molar-refractivity contribution in [2.75, 3.05) is 33.8 Å². The van der Waals surface area contributed by atoms with E-state index in [-0.39, 0.29) is 5.91 Å². The van der Waals surface area contributed by atoms with Crippen molar-refractivity contribution in [1.82, 2.24) is 10.2 Å². The lowest BCUT2D eigenvalue weighted by atomic mass is 10.0. The normalized spacial score (nSPS) is 17.4. The Kier molecular flexibility index (Phi) is 6.08. The lowest BCUT2D eigenvalue weighted by Gasteiger charge is -2.19. The van der Waals surface area contributed by atoms with Crippen LogP contribution in [0.3, 0.4) is 0 Å². The monoisotopic (exact) mass is 350 g/mol.